The van der Waals surface area contributed by atoms with Crippen molar-refractivity contribution in [2.45, 2.75) is 9.79 Å². The third-order valence-corrected chi connectivity index (χ3v) is 8.85. The predicted octanol–water partition coefficient (Wildman–Crippen LogP) is -5.01. The van der Waals surface area contributed by atoms with Crippen LogP contribution in [0.1, 0.15) is 0 Å². The second-order valence-corrected chi connectivity index (χ2v) is 12.2. The normalized spacial score (nSPS) is 12.4. The van der Waals surface area contributed by atoms with Gasteiger partial charge >= 0.3 is 59.1 Å². The van der Waals surface area contributed by atoms with Crippen LogP contribution in [-0.4, -0.2) is 36.2 Å². The van der Waals surface area contributed by atoms with Gasteiger partial charge in [0.1, 0.15) is 31.7 Å². The van der Waals surface area contributed by atoms with Crippen molar-refractivity contribution in [3.63, 3.8) is 0 Å². The summed E-state index contributed by atoms with van der Waals surface area (Å²) in [4.78, 5) is 28.8. The molecule has 0 spiro atoms. The fourth-order valence-corrected chi connectivity index (χ4v) is 6.56. The van der Waals surface area contributed by atoms with Gasteiger partial charge in [-0.15, -0.1) is 0 Å². The molecule has 6 rings (SSSR count). The van der Waals surface area contributed by atoms with E-state index in [2.05, 4.69) is 4.99 Å². The summed E-state index contributed by atoms with van der Waals surface area (Å²) in [6.45, 7) is 0. The summed E-state index contributed by atoms with van der Waals surface area (Å²) in [5.74, 6) is -1.29. The van der Waals surface area contributed by atoms with Crippen LogP contribution in [0.5, 0.6) is 11.5 Å². The van der Waals surface area contributed by atoms with Gasteiger partial charge in [0, 0.05) is 21.5 Å². The summed E-state index contributed by atoms with van der Waals surface area (Å²) >= 11 is 0. The van der Waals surface area contributed by atoms with E-state index in [1.54, 1.807) is 0 Å². The van der Waals surface area contributed by atoms with Gasteiger partial charge in [-0.05, 0) is 12.1 Å². The van der Waals surface area contributed by atoms with E-state index >= 15 is 0 Å². The molecule has 0 amide bonds. The largest absolute Gasteiger partial charge is 1.00 e. The number of anilines is 1. The second-order valence-electron chi connectivity index (χ2n) is 9.55. The summed E-state index contributed by atoms with van der Waals surface area (Å²) in [5.41, 5.74) is 2.71. The molecule has 5 N–H and O–H groups in total. The number of aromatic hydroxyl groups is 2. The second kappa shape index (κ2) is 11.9. The average Bonchev–Trinajstić information content (AvgIpc) is 2.94. The van der Waals surface area contributed by atoms with Crippen LogP contribution in [0.3, 0.4) is 0 Å². The molecule has 45 heavy (non-hydrogen) atoms. The Bertz CT molecular complexity index is 2780. The molecule has 0 saturated heterocycles. The van der Waals surface area contributed by atoms with Crippen molar-refractivity contribution < 1.29 is 95.3 Å². The van der Waals surface area contributed by atoms with Crippen LogP contribution < -0.4 is 86.4 Å². The Morgan fingerprint density at radius 1 is 0.689 bits per heavy atom. The maximum absolute atomic E-state index is 13.7. The minimum absolute atomic E-state index is 0. The van der Waals surface area contributed by atoms with E-state index < -0.39 is 95.7 Å². The molecule has 2 aliphatic rings. The third kappa shape index (κ3) is 5.38. The van der Waals surface area contributed by atoms with E-state index in [1.807, 2.05) is 0 Å². The van der Waals surface area contributed by atoms with Gasteiger partial charge in [0.2, 0.25) is 0 Å². The number of rotatable bonds is 3. The van der Waals surface area contributed by atoms with Crippen molar-refractivity contribution in [1.29, 1.82) is 5.41 Å². The third-order valence-electron chi connectivity index (χ3n) is 7.13. The van der Waals surface area contributed by atoms with Gasteiger partial charge < -0.3 is 30.5 Å². The Labute approximate surface area is 296 Å². The Kier molecular flexibility index (Phi) is 9.13. The van der Waals surface area contributed by atoms with Gasteiger partial charge in [-0.2, -0.15) is 0 Å². The summed E-state index contributed by atoms with van der Waals surface area (Å²) in [7, 11) is -10.9. The van der Waals surface area contributed by atoms with Crippen LogP contribution in [0, 0.1) is 15.8 Å². The standard InChI is InChI=1S/C28H17N3O10S2.2Na/c29-15-9-18(43(39,40)41)24(22-19(15)25(32)11-5-1-4-8-14(11)28(22)35)31-16-10-17(42(36,37)38)23(30)21-20(16)26(33)12-6-2-3-7-13(12)27(21)34;;/h1-10,29,33-34H,30H2,(H,36,37,38)(H,39,40,41);;/q;2*+1/p-2. The molecular formula is C28H15N3Na2O10S2. The van der Waals surface area contributed by atoms with Crippen LogP contribution in [0.4, 0.5) is 11.4 Å². The number of benzene rings is 4. The Hall–Kier alpha value is -3.22. The van der Waals surface area contributed by atoms with Crippen molar-refractivity contribution >= 4 is 63.9 Å². The van der Waals surface area contributed by atoms with E-state index in [0.29, 0.717) is 12.1 Å². The number of nitrogens with two attached hydrogens (primary N) is 1. The van der Waals surface area contributed by atoms with Gasteiger partial charge in [-0.1, -0.05) is 48.5 Å². The molecule has 0 bridgehead atoms. The maximum Gasteiger partial charge on any atom is 1.00 e. The summed E-state index contributed by atoms with van der Waals surface area (Å²) in [6, 6.07) is 12.3. The van der Waals surface area contributed by atoms with Crippen LogP contribution in [0.25, 0.3) is 32.3 Å². The van der Waals surface area contributed by atoms with Gasteiger partial charge in [0.15, 0.2) is 10.9 Å². The fourth-order valence-electron chi connectivity index (χ4n) is 5.28. The first kappa shape index (κ1) is 34.6. The number of hydrogen-bond acceptors (Lipinski definition) is 13. The quantitative estimate of drug-likeness (QED) is 0.0459. The average molecular weight is 664 g/mol. The van der Waals surface area contributed by atoms with Crippen molar-refractivity contribution in [3.05, 3.63) is 102 Å². The molecule has 0 heterocycles. The smallest absolute Gasteiger partial charge is 0.744 e. The van der Waals surface area contributed by atoms with Crippen LogP contribution >= 0.6 is 0 Å². The molecule has 13 nitrogen and oxygen atoms in total. The van der Waals surface area contributed by atoms with E-state index in [9.17, 15) is 45.7 Å². The number of hydrogen-bond donors (Lipinski definition) is 4. The molecule has 17 heteroatoms. The van der Waals surface area contributed by atoms with E-state index in [0.717, 1.165) is 0 Å². The van der Waals surface area contributed by atoms with Crippen molar-refractivity contribution in [2.75, 3.05) is 5.73 Å². The number of nitrogens with one attached hydrogen (secondary N) is 1. The van der Waals surface area contributed by atoms with Crippen molar-refractivity contribution in [1.82, 2.24) is 0 Å². The molecule has 0 atom stereocenters. The first-order valence-corrected chi connectivity index (χ1v) is 14.9. The van der Waals surface area contributed by atoms with Crippen LogP contribution in [-0.2, 0) is 20.2 Å². The number of phenolic OH excluding ortho intramolecular Hbond substituents is 2. The zero-order valence-electron chi connectivity index (χ0n) is 23.3. The predicted molar refractivity (Wildman–Crippen MR) is 150 cm³/mol. The molecule has 216 valence electrons. The molecule has 4 aromatic rings. The Morgan fingerprint density at radius 2 is 1.13 bits per heavy atom. The first-order valence-electron chi connectivity index (χ1n) is 12.1. The van der Waals surface area contributed by atoms with Crippen molar-refractivity contribution in [3.8, 4) is 11.5 Å². The minimum Gasteiger partial charge on any atom is -0.744 e. The summed E-state index contributed by atoms with van der Waals surface area (Å²) < 4.78 is 73.8. The molecular weight excluding hydrogens is 648 g/mol. The molecule has 0 aliphatic heterocycles. The SMILES string of the molecule is N=c1cc(S(=O)(=O)[O-])c(=Nc2cc(S(=O)(=O)[O-])c(N)c3c(O)c4ccccc4c(O)c23)c2c(=O)c3ccccc3c(=O)c1=2.[Na+].[Na+]. The van der Waals surface area contributed by atoms with E-state index in [4.69, 9.17) is 11.1 Å². The number of nitrogens with zero attached hydrogens (tertiary/aromatic N) is 1. The Balaban J connectivity index is 0.00000230. The minimum atomic E-state index is -5.52. The summed E-state index contributed by atoms with van der Waals surface area (Å²) in [6.07, 6.45) is 0. The molecule has 0 fully saturated rings. The summed E-state index contributed by atoms with van der Waals surface area (Å²) in [5, 5.41) is 26.4. The van der Waals surface area contributed by atoms with Crippen LogP contribution in [0.15, 0.2) is 85.0 Å². The zero-order chi connectivity index (χ0) is 31.2. The zero-order valence-corrected chi connectivity index (χ0v) is 28.9. The molecule has 0 unspecified atom stereocenters. The molecule has 0 aromatic heterocycles. The monoisotopic (exact) mass is 663 g/mol. The molecule has 0 radical (unpaired) electrons. The Morgan fingerprint density at radius 3 is 1.62 bits per heavy atom. The topological polar surface area (TPSA) is 251 Å². The fraction of sp³-hybridized carbons (Fsp3) is 0. The number of fused-ring (bicyclic) bond motifs is 3. The molecule has 0 saturated carbocycles. The van der Waals surface area contributed by atoms with Gasteiger partial charge in [0.25, 0.3) is 0 Å². The van der Waals surface area contributed by atoms with E-state index in [1.165, 1.54) is 48.5 Å². The maximum atomic E-state index is 13.7. The molecule has 4 aromatic carbocycles. The molecule has 2 aliphatic carbocycles. The first-order chi connectivity index (χ1) is 20.1. The van der Waals surface area contributed by atoms with Crippen molar-refractivity contribution in [2.24, 2.45) is 4.99 Å². The van der Waals surface area contributed by atoms with E-state index in [-0.39, 0.29) is 80.7 Å². The van der Waals surface area contributed by atoms with Gasteiger partial charge in [0.05, 0.1) is 53.1 Å². The number of phenols is 2. The number of nitrogen functional groups attached to an aromatic ring is 1. The van der Waals surface area contributed by atoms with Gasteiger partial charge in [-0.3, -0.25) is 9.59 Å². The van der Waals surface area contributed by atoms with Gasteiger partial charge in [-0.25, -0.2) is 21.8 Å². The van der Waals surface area contributed by atoms with Crippen LogP contribution in [0.2, 0.25) is 0 Å².